The van der Waals surface area contributed by atoms with E-state index in [2.05, 4.69) is 18.4 Å². The highest BCUT2D eigenvalue weighted by Gasteiger charge is 2.30. The molecule has 0 amide bonds. The summed E-state index contributed by atoms with van der Waals surface area (Å²) in [6, 6.07) is 3.91. The number of allylic oxidation sites excluding steroid dienone is 1. The van der Waals surface area contributed by atoms with Gasteiger partial charge >= 0.3 is 12.1 Å². The van der Waals surface area contributed by atoms with Gasteiger partial charge in [-0.2, -0.15) is 13.2 Å². The lowest BCUT2D eigenvalue weighted by Crippen LogP contribution is -2.19. The van der Waals surface area contributed by atoms with E-state index in [-0.39, 0.29) is 11.5 Å². The normalized spacial score (nSPS) is 12.3. The van der Waals surface area contributed by atoms with E-state index in [0.717, 1.165) is 24.3 Å². The molecule has 0 heterocycles. The molecule has 0 aliphatic carbocycles. The van der Waals surface area contributed by atoms with E-state index < -0.39 is 23.8 Å². The predicted molar refractivity (Wildman–Crippen MR) is 82.7 cm³/mol. The Morgan fingerprint density at radius 2 is 1.83 bits per heavy atom. The number of benzene rings is 1. The van der Waals surface area contributed by atoms with Crippen molar-refractivity contribution in [2.45, 2.75) is 39.5 Å². The van der Waals surface area contributed by atoms with Gasteiger partial charge < -0.3 is 4.74 Å². The molecule has 0 saturated carbocycles. The summed E-state index contributed by atoms with van der Waals surface area (Å²) in [6.45, 7) is 9.31. The zero-order chi connectivity index (χ0) is 17.6. The fourth-order valence-electron chi connectivity index (χ4n) is 1.76. The standard InChI is InChI=1S/C18H19F3O2/c1-12(2)5-10-16(11-13(3)4)23-17(22)14-6-8-15(9-7-14)18(19,20)21/h6-9,13,16H,1,11H2,2-4H3. The number of esters is 1. The van der Waals surface area contributed by atoms with Crippen molar-refractivity contribution in [2.24, 2.45) is 5.92 Å². The third kappa shape index (κ3) is 6.60. The van der Waals surface area contributed by atoms with Crippen molar-refractivity contribution < 1.29 is 22.7 Å². The molecule has 1 unspecified atom stereocenters. The second-order valence-corrected chi connectivity index (χ2v) is 5.65. The number of rotatable bonds is 4. The third-order valence-corrected chi connectivity index (χ3v) is 2.83. The molecule has 0 radical (unpaired) electrons. The van der Waals surface area contributed by atoms with E-state index in [1.807, 2.05) is 13.8 Å². The van der Waals surface area contributed by atoms with Gasteiger partial charge in [0.2, 0.25) is 0 Å². The lowest BCUT2D eigenvalue weighted by Gasteiger charge is -2.15. The molecule has 5 heteroatoms. The molecule has 0 aliphatic rings. The Kier molecular flexibility index (Phi) is 6.44. The van der Waals surface area contributed by atoms with Gasteiger partial charge in [0.25, 0.3) is 0 Å². The molecule has 1 aromatic rings. The molecule has 23 heavy (non-hydrogen) atoms. The second kappa shape index (κ2) is 7.87. The highest BCUT2D eigenvalue weighted by molar-refractivity contribution is 5.89. The van der Waals surface area contributed by atoms with Crippen molar-refractivity contribution in [2.75, 3.05) is 0 Å². The third-order valence-electron chi connectivity index (χ3n) is 2.83. The molecular weight excluding hydrogens is 305 g/mol. The molecule has 0 bridgehead atoms. The van der Waals surface area contributed by atoms with Crippen LogP contribution in [0.25, 0.3) is 0 Å². The predicted octanol–water partition coefficient (Wildman–Crippen LogP) is 4.86. The van der Waals surface area contributed by atoms with Crippen LogP contribution in [-0.4, -0.2) is 12.1 Å². The van der Waals surface area contributed by atoms with E-state index >= 15 is 0 Å². The molecule has 124 valence electrons. The minimum absolute atomic E-state index is 0.0591. The van der Waals surface area contributed by atoms with Gasteiger partial charge in [-0.3, -0.25) is 0 Å². The molecule has 1 rings (SSSR count). The quantitative estimate of drug-likeness (QED) is 0.584. The smallest absolute Gasteiger partial charge is 0.416 e. The van der Waals surface area contributed by atoms with E-state index in [1.165, 1.54) is 0 Å². The first-order valence-corrected chi connectivity index (χ1v) is 7.15. The van der Waals surface area contributed by atoms with Crippen LogP contribution in [-0.2, 0) is 10.9 Å². The fourth-order valence-corrected chi connectivity index (χ4v) is 1.76. The first kappa shape index (κ1) is 18.8. The van der Waals surface area contributed by atoms with Gasteiger partial charge in [-0.15, -0.1) is 0 Å². The number of carbonyl (C=O) groups is 1. The molecule has 0 aliphatic heterocycles. The summed E-state index contributed by atoms with van der Waals surface area (Å²) < 4.78 is 42.8. The van der Waals surface area contributed by atoms with Gasteiger partial charge in [0.15, 0.2) is 6.10 Å². The van der Waals surface area contributed by atoms with Crippen molar-refractivity contribution in [3.63, 3.8) is 0 Å². The summed E-state index contributed by atoms with van der Waals surface area (Å²) in [4.78, 5) is 12.0. The van der Waals surface area contributed by atoms with Crippen LogP contribution in [0.4, 0.5) is 13.2 Å². The maximum atomic E-state index is 12.5. The Hall–Kier alpha value is -2.22. The molecule has 0 fully saturated rings. The van der Waals surface area contributed by atoms with E-state index in [4.69, 9.17) is 4.74 Å². The van der Waals surface area contributed by atoms with Gasteiger partial charge in [-0.1, -0.05) is 32.3 Å². The van der Waals surface area contributed by atoms with Crippen molar-refractivity contribution >= 4 is 5.97 Å². The summed E-state index contributed by atoms with van der Waals surface area (Å²) in [6.07, 6.45) is -4.52. The summed E-state index contributed by atoms with van der Waals surface area (Å²) in [5.41, 5.74) is -0.108. The van der Waals surface area contributed by atoms with Crippen LogP contribution in [0.1, 0.15) is 43.1 Å². The Morgan fingerprint density at radius 1 is 1.26 bits per heavy atom. The Bertz CT molecular complexity index is 616. The minimum Gasteiger partial charge on any atom is -0.446 e. The van der Waals surface area contributed by atoms with Crippen molar-refractivity contribution in [1.82, 2.24) is 0 Å². The Balaban J connectivity index is 2.86. The summed E-state index contributed by atoms with van der Waals surface area (Å²) in [5.74, 6) is 5.14. The monoisotopic (exact) mass is 324 g/mol. The van der Waals surface area contributed by atoms with Crippen LogP contribution in [0.15, 0.2) is 36.4 Å². The molecule has 0 N–H and O–H groups in total. The Labute approximate surface area is 134 Å². The number of hydrogen-bond donors (Lipinski definition) is 0. The van der Waals surface area contributed by atoms with Crippen LogP contribution in [0.5, 0.6) is 0 Å². The molecule has 0 spiro atoms. The van der Waals surface area contributed by atoms with Gasteiger partial charge in [0.05, 0.1) is 11.1 Å². The fraction of sp³-hybridized carbons (Fsp3) is 0.389. The van der Waals surface area contributed by atoms with E-state index in [9.17, 15) is 18.0 Å². The topological polar surface area (TPSA) is 26.3 Å². The van der Waals surface area contributed by atoms with Gasteiger partial charge in [0, 0.05) is 0 Å². The highest BCUT2D eigenvalue weighted by Crippen LogP contribution is 2.29. The Morgan fingerprint density at radius 3 is 2.26 bits per heavy atom. The maximum Gasteiger partial charge on any atom is 0.416 e. The maximum absolute atomic E-state index is 12.5. The SMILES string of the molecule is C=C(C)C#CC(CC(C)C)OC(=O)c1ccc(C(F)(F)F)cc1. The van der Waals surface area contributed by atoms with Crippen LogP contribution in [0.2, 0.25) is 0 Å². The van der Waals surface area contributed by atoms with Crippen LogP contribution in [0, 0.1) is 17.8 Å². The van der Waals surface area contributed by atoms with E-state index in [1.54, 1.807) is 6.92 Å². The van der Waals surface area contributed by atoms with E-state index in [0.29, 0.717) is 12.0 Å². The highest BCUT2D eigenvalue weighted by atomic mass is 19.4. The second-order valence-electron chi connectivity index (χ2n) is 5.65. The van der Waals surface area contributed by atoms with Crippen molar-refractivity contribution in [3.05, 3.63) is 47.5 Å². The number of hydrogen-bond acceptors (Lipinski definition) is 2. The number of alkyl halides is 3. The lowest BCUT2D eigenvalue weighted by atomic mass is 10.1. The molecule has 1 atom stereocenters. The summed E-state index contributed by atoms with van der Waals surface area (Å²) in [7, 11) is 0. The first-order chi connectivity index (χ1) is 10.6. The zero-order valence-corrected chi connectivity index (χ0v) is 13.3. The zero-order valence-electron chi connectivity index (χ0n) is 13.3. The summed E-state index contributed by atoms with van der Waals surface area (Å²) >= 11 is 0. The van der Waals surface area contributed by atoms with Crippen LogP contribution < -0.4 is 0 Å². The number of carbonyl (C=O) groups excluding carboxylic acids is 1. The van der Waals surface area contributed by atoms with Gasteiger partial charge in [-0.05, 0) is 49.1 Å². The number of ether oxygens (including phenoxy) is 1. The number of halogens is 3. The van der Waals surface area contributed by atoms with Gasteiger partial charge in [-0.25, -0.2) is 4.79 Å². The molecule has 2 nitrogen and oxygen atoms in total. The molecule has 0 saturated heterocycles. The van der Waals surface area contributed by atoms with Gasteiger partial charge in [0.1, 0.15) is 0 Å². The first-order valence-electron chi connectivity index (χ1n) is 7.15. The molecule has 1 aromatic carbocycles. The molecular formula is C18H19F3O2. The minimum atomic E-state index is -4.43. The van der Waals surface area contributed by atoms with Crippen molar-refractivity contribution in [3.8, 4) is 11.8 Å². The largest absolute Gasteiger partial charge is 0.446 e. The van der Waals surface area contributed by atoms with Crippen LogP contribution in [0.3, 0.4) is 0 Å². The lowest BCUT2D eigenvalue weighted by molar-refractivity contribution is -0.137. The summed E-state index contributed by atoms with van der Waals surface area (Å²) in [5, 5.41) is 0. The molecule has 0 aromatic heterocycles. The average Bonchev–Trinajstić information content (AvgIpc) is 2.43. The average molecular weight is 324 g/mol. The van der Waals surface area contributed by atoms with Crippen LogP contribution >= 0.6 is 0 Å². The van der Waals surface area contributed by atoms with Crippen molar-refractivity contribution in [1.29, 1.82) is 0 Å².